The van der Waals surface area contributed by atoms with E-state index in [1.807, 2.05) is 0 Å². The van der Waals surface area contributed by atoms with Crippen LogP contribution in [-0.4, -0.2) is 37.2 Å². The lowest BCUT2D eigenvalue weighted by Crippen LogP contribution is -2.30. The van der Waals surface area contributed by atoms with Gasteiger partial charge in [-0.05, 0) is 44.9 Å². The van der Waals surface area contributed by atoms with Crippen molar-refractivity contribution in [3.63, 3.8) is 0 Å². The summed E-state index contributed by atoms with van der Waals surface area (Å²) in [4.78, 5) is 37.4. The molecule has 0 N–H and O–H groups in total. The fourth-order valence-electron chi connectivity index (χ4n) is 7.26. The number of ether oxygens (including phenoxy) is 3. The number of carbonyl (C=O) groups is 3. The van der Waals surface area contributed by atoms with Gasteiger partial charge in [-0.25, -0.2) is 0 Å². The summed E-state index contributed by atoms with van der Waals surface area (Å²) >= 11 is 0. The highest BCUT2D eigenvalue weighted by atomic mass is 16.6. The second-order valence-electron chi connectivity index (χ2n) is 16.7. The van der Waals surface area contributed by atoms with Crippen molar-refractivity contribution in [1.82, 2.24) is 0 Å². The Balaban J connectivity index is 3.93. The molecule has 1 unspecified atom stereocenters. The van der Waals surface area contributed by atoms with Gasteiger partial charge in [0.2, 0.25) is 0 Å². The molecule has 0 spiro atoms. The van der Waals surface area contributed by atoms with Crippen LogP contribution in [0.3, 0.4) is 0 Å². The number of allylic oxidation sites excluding steroid dienone is 2. The lowest BCUT2D eigenvalue weighted by atomic mass is 10.0. The van der Waals surface area contributed by atoms with E-state index < -0.39 is 6.10 Å². The summed E-state index contributed by atoms with van der Waals surface area (Å²) in [5, 5.41) is 0. The average molecular weight is 791 g/mol. The summed E-state index contributed by atoms with van der Waals surface area (Å²) in [5.74, 6) is -0.875. The van der Waals surface area contributed by atoms with Gasteiger partial charge in [-0.15, -0.1) is 0 Å². The third kappa shape index (κ3) is 43.3. The number of hydrogen-bond donors (Lipinski definition) is 0. The molecule has 0 bridgehead atoms. The Morgan fingerprint density at radius 2 is 0.589 bits per heavy atom. The third-order valence-corrected chi connectivity index (χ3v) is 11.0. The molecule has 56 heavy (non-hydrogen) atoms. The second kappa shape index (κ2) is 45.8. The lowest BCUT2D eigenvalue weighted by Gasteiger charge is -2.18. The molecule has 0 saturated heterocycles. The first kappa shape index (κ1) is 54.2. The number of unbranched alkanes of at least 4 members (excludes halogenated alkanes) is 32. The first-order valence-electron chi connectivity index (χ1n) is 24.7. The number of esters is 3. The largest absolute Gasteiger partial charge is 0.462 e. The van der Waals surface area contributed by atoms with Crippen LogP contribution in [-0.2, 0) is 28.6 Å². The van der Waals surface area contributed by atoms with E-state index in [9.17, 15) is 14.4 Å². The number of hydrogen-bond acceptors (Lipinski definition) is 6. The first-order valence-corrected chi connectivity index (χ1v) is 24.7. The Labute approximate surface area is 348 Å². The van der Waals surface area contributed by atoms with Crippen LogP contribution in [0.2, 0.25) is 0 Å². The van der Waals surface area contributed by atoms with Crippen LogP contribution in [0.4, 0.5) is 0 Å². The normalized spacial score (nSPS) is 12.0. The van der Waals surface area contributed by atoms with Gasteiger partial charge in [0.15, 0.2) is 6.10 Å². The van der Waals surface area contributed by atoms with E-state index >= 15 is 0 Å². The summed E-state index contributed by atoms with van der Waals surface area (Å²) in [5.41, 5.74) is 0. The molecule has 0 aromatic carbocycles. The fraction of sp³-hybridized carbons (Fsp3) is 0.900. The van der Waals surface area contributed by atoms with Crippen molar-refractivity contribution in [2.24, 2.45) is 0 Å². The lowest BCUT2D eigenvalue weighted by molar-refractivity contribution is -0.167. The molecule has 6 nitrogen and oxygen atoms in total. The van der Waals surface area contributed by atoms with Gasteiger partial charge < -0.3 is 14.2 Å². The molecule has 0 rings (SSSR count). The molecule has 6 heteroatoms. The molecular weight excluding hydrogens is 697 g/mol. The molecule has 0 fully saturated rings. The zero-order valence-corrected chi connectivity index (χ0v) is 37.7. The van der Waals surface area contributed by atoms with Crippen molar-refractivity contribution in [2.45, 2.75) is 277 Å². The topological polar surface area (TPSA) is 78.9 Å². The Kier molecular flexibility index (Phi) is 44.3. The summed E-state index contributed by atoms with van der Waals surface area (Å²) in [6.45, 7) is 6.55. The predicted octanol–water partition coefficient (Wildman–Crippen LogP) is 15.8. The maximum Gasteiger partial charge on any atom is 0.306 e. The highest BCUT2D eigenvalue weighted by Crippen LogP contribution is 2.16. The minimum absolute atomic E-state index is 0.0668. The van der Waals surface area contributed by atoms with Crippen LogP contribution < -0.4 is 0 Å². The summed E-state index contributed by atoms with van der Waals surface area (Å²) in [6.07, 6.45) is 49.7. The van der Waals surface area contributed by atoms with Crippen molar-refractivity contribution in [2.75, 3.05) is 13.2 Å². The Hall–Kier alpha value is -1.85. The van der Waals surface area contributed by atoms with Crippen molar-refractivity contribution < 1.29 is 28.6 Å². The quantitative estimate of drug-likeness (QED) is 0.0264. The monoisotopic (exact) mass is 791 g/mol. The van der Waals surface area contributed by atoms with Gasteiger partial charge in [0.1, 0.15) is 13.2 Å². The van der Waals surface area contributed by atoms with E-state index in [-0.39, 0.29) is 31.1 Å². The molecular formula is C50H94O6. The third-order valence-electron chi connectivity index (χ3n) is 11.0. The molecule has 0 aromatic heterocycles. The molecule has 330 valence electrons. The van der Waals surface area contributed by atoms with Gasteiger partial charge in [0, 0.05) is 19.3 Å². The van der Waals surface area contributed by atoms with Gasteiger partial charge in [0.25, 0.3) is 0 Å². The maximum atomic E-state index is 12.6. The van der Waals surface area contributed by atoms with Gasteiger partial charge in [0.05, 0.1) is 0 Å². The van der Waals surface area contributed by atoms with Gasteiger partial charge in [-0.3, -0.25) is 14.4 Å². The Morgan fingerprint density at radius 3 is 0.893 bits per heavy atom. The minimum atomic E-state index is -0.758. The van der Waals surface area contributed by atoms with Crippen molar-refractivity contribution in [3.8, 4) is 0 Å². The van der Waals surface area contributed by atoms with Crippen LogP contribution in [0, 0.1) is 0 Å². The minimum Gasteiger partial charge on any atom is -0.462 e. The van der Waals surface area contributed by atoms with E-state index in [1.54, 1.807) is 0 Å². The molecule has 0 aromatic rings. The van der Waals surface area contributed by atoms with E-state index in [0.717, 1.165) is 57.8 Å². The molecule has 0 aliphatic carbocycles. The summed E-state index contributed by atoms with van der Waals surface area (Å²) in [7, 11) is 0. The van der Waals surface area contributed by atoms with E-state index in [0.29, 0.717) is 19.3 Å². The van der Waals surface area contributed by atoms with Crippen molar-refractivity contribution in [3.05, 3.63) is 12.2 Å². The molecule has 0 heterocycles. The smallest absolute Gasteiger partial charge is 0.306 e. The van der Waals surface area contributed by atoms with E-state index in [2.05, 4.69) is 32.9 Å². The van der Waals surface area contributed by atoms with Crippen LogP contribution >= 0.6 is 0 Å². The summed E-state index contributed by atoms with van der Waals surface area (Å²) in [6, 6.07) is 0. The molecule has 0 radical (unpaired) electrons. The molecule has 0 amide bonds. The first-order chi connectivity index (χ1) is 27.5. The zero-order valence-electron chi connectivity index (χ0n) is 37.7. The SMILES string of the molecule is CCCCCCCCCC/C=C\CCCCCCCCCCCCCCCC(=O)OCC(COC(=O)CCCCCCCC)OC(=O)CCCCCCCCC. The van der Waals surface area contributed by atoms with Crippen molar-refractivity contribution >= 4 is 17.9 Å². The molecule has 0 aliphatic heterocycles. The standard InChI is InChI=1S/C50H94O6/c1-4-7-10-13-16-17-18-19-20-21-22-23-24-25-26-27-28-29-30-31-32-33-35-37-40-43-49(52)55-46-47(45-54-48(51)42-39-36-15-12-9-6-3)56-50(53)44-41-38-34-14-11-8-5-2/h21-22,47H,4-20,23-46H2,1-3H3/b22-21-. The zero-order chi connectivity index (χ0) is 40.8. The van der Waals surface area contributed by atoms with Gasteiger partial charge >= 0.3 is 17.9 Å². The van der Waals surface area contributed by atoms with Crippen LogP contribution in [0.15, 0.2) is 12.2 Å². The number of rotatable bonds is 45. The highest BCUT2D eigenvalue weighted by molar-refractivity contribution is 5.71. The van der Waals surface area contributed by atoms with Gasteiger partial charge in [-0.1, -0.05) is 219 Å². The fourth-order valence-corrected chi connectivity index (χ4v) is 7.26. The molecule has 0 aliphatic rings. The van der Waals surface area contributed by atoms with Gasteiger partial charge in [-0.2, -0.15) is 0 Å². The average Bonchev–Trinajstić information content (AvgIpc) is 3.19. The highest BCUT2D eigenvalue weighted by Gasteiger charge is 2.19. The summed E-state index contributed by atoms with van der Waals surface area (Å²) < 4.78 is 16.6. The Bertz CT molecular complexity index is 870. The number of carbonyl (C=O) groups excluding carboxylic acids is 3. The van der Waals surface area contributed by atoms with E-state index in [1.165, 1.54) is 173 Å². The van der Waals surface area contributed by atoms with Crippen LogP contribution in [0.1, 0.15) is 271 Å². The van der Waals surface area contributed by atoms with Crippen LogP contribution in [0.25, 0.3) is 0 Å². The molecule has 0 saturated carbocycles. The Morgan fingerprint density at radius 1 is 0.339 bits per heavy atom. The van der Waals surface area contributed by atoms with Crippen molar-refractivity contribution in [1.29, 1.82) is 0 Å². The molecule has 1 atom stereocenters. The van der Waals surface area contributed by atoms with E-state index in [4.69, 9.17) is 14.2 Å². The predicted molar refractivity (Wildman–Crippen MR) is 238 cm³/mol. The second-order valence-corrected chi connectivity index (χ2v) is 16.7. The maximum absolute atomic E-state index is 12.6. The van der Waals surface area contributed by atoms with Crippen LogP contribution in [0.5, 0.6) is 0 Å².